The SMILES string of the molecule is CCCCn1cnc2cc(OC)c(OC)cc2c1=O. The second-order valence-electron chi connectivity index (χ2n) is 4.32. The lowest BCUT2D eigenvalue weighted by Crippen LogP contribution is -2.20. The Hall–Kier alpha value is -2.04. The molecule has 0 unspecified atom stereocenters. The first-order valence-corrected chi connectivity index (χ1v) is 6.32. The summed E-state index contributed by atoms with van der Waals surface area (Å²) >= 11 is 0. The van der Waals surface area contributed by atoms with Gasteiger partial charge in [-0.3, -0.25) is 9.36 Å². The molecule has 0 aliphatic heterocycles. The third kappa shape index (κ3) is 2.54. The number of methoxy groups -OCH3 is 2. The summed E-state index contributed by atoms with van der Waals surface area (Å²) in [4.78, 5) is 16.6. The van der Waals surface area contributed by atoms with E-state index in [1.54, 1.807) is 37.2 Å². The molecule has 0 atom stereocenters. The average molecular weight is 262 g/mol. The molecule has 0 amide bonds. The van der Waals surface area contributed by atoms with E-state index >= 15 is 0 Å². The number of hydrogen-bond donors (Lipinski definition) is 0. The summed E-state index contributed by atoms with van der Waals surface area (Å²) in [6, 6.07) is 3.41. The van der Waals surface area contributed by atoms with E-state index in [-0.39, 0.29) is 5.56 Å². The Morgan fingerprint density at radius 2 is 1.89 bits per heavy atom. The summed E-state index contributed by atoms with van der Waals surface area (Å²) in [5.74, 6) is 1.12. The van der Waals surface area contributed by atoms with Gasteiger partial charge in [-0.2, -0.15) is 0 Å². The number of aryl methyl sites for hydroxylation is 1. The lowest BCUT2D eigenvalue weighted by atomic mass is 10.2. The number of ether oxygens (including phenoxy) is 2. The van der Waals surface area contributed by atoms with Crippen molar-refractivity contribution in [2.24, 2.45) is 0 Å². The molecular weight excluding hydrogens is 244 g/mol. The maximum absolute atomic E-state index is 12.3. The predicted molar refractivity (Wildman–Crippen MR) is 74.0 cm³/mol. The Bertz CT molecular complexity index is 634. The molecule has 0 radical (unpaired) electrons. The fourth-order valence-electron chi connectivity index (χ4n) is 1.97. The van der Waals surface area contributed by atoms with Crippen molar-refractivity contribution in [3.63, 3.8) is 0 Å². The van der Waals surface area contributed by atoms with Gasteiger partial charge in [0.15, 0.2) is 11.5 Å². The minimum atomic E-state index is -0.0422. The molecule has 102 valence electrons. The van der Waals surface area contributed by atoms with Crippen LogP contribution in [0.4, 0.5) is 0 Å². The smallest absolute Gasteiger partial charge is 0.261 e. The van der Waals surface area contributed by atoms with Gasteiger partial charge in [0.25, 0.3) is 5.56 Å². The molecule has 0 N–H and O–H groups in total. The van der Waals surface area contributed by atoms with E-state index in [0.29, 0.717) is 28.9 Å². The second-order valence-corrected chi connectivity index (χ2v) is 4.32. The van der Waals surface area contributed by atoms with E-state index in [1.807, 2.05) is 0 Å². The van der Waals surface area contributed by atoms with E-state index < -0.39 is 0 Å². The first kappa shape index (κ1) is 13.4. The lowest BCUT2D eigenvalue weighted by Gasteiger charge is -2.10. The number of rotatable bonds is 5. The first-order valence-electron chi connectivity index (χ1n) is 6.32. The van der Waals surface area contributed by atoms with E-state index in [1.165, 1.54) is 0 Å². The molecule has 0 bridgehead atoms. The zero-order chi connectivity index (χ0) is 13.8. The van der Waals surface area contributed by atoms with Crippen molar-refractivity contribution in [1.82, 2.24) is 9.55 Å². The van der Waals surface area contributed by atoms with Gasteiger partial charge in [-0.15, -0.1) is 0 Å². The number of aromatic nitrogens is 2. The van der Waals surface area contributed by atoms with Crippen molar-refractivity contribution in [2.45, 2.75) is 26.3 Å². The quantitative estimate of drug-likeness (QED) is 0.829. The second kappa shape index (κ2) is 5.73. The van der Waals surface area contributed by atoms with Crippen molar-refractivity contribution in [1.29, 1.82) is 0 Å². The van der Waals surface area contributed by atoms with Crippen molar-refractivity contribution in [3.8, 4) is 11.5 Å². The van der Waals surface area contributed by atoms with Gasteiger partial charge in [-0.05, 0) is 12.5 Å². The molecule has 2 aromatic rings. The molecule has 0 aliphatic carbocycles. The number of nitrogens with zero attached hydrogens (tertiary/aromatic N) is 2. The Morgan fingerprint density at radius 3 is 2.53 bits per heavy atom. The molecule has 5 heteroatoms. The maximum atomic E-state index is 12.3. The van der Waals surface area contributed by atoms with Crippen LogP contribution in [0.15, 0.2) is 23.3 Å². The normalized spacial score (nSPS) is 10.7. The van der Waals surface area contributed by atoms with Crippen molar-refractivity contribution in [2.75, 3.05) is 14.2 Å². The van der Waals surface area contributed by atoms with Crippen LogP contribution in [0.3, 0.4) is 0 Å². The van der Waals surface area contributed by atoms with Crippen LogP contribution in [-0.2, 0) is 6.54 Å². The van der Waals surface area contributed by atoms with Gasteiger partial charge >= 0.3 is 0 Å². The third-order valence-corrected chi connectivity index (χ3v) is 3.08. The minimum absolute atomic E-state index is 0.0422. The molecule has 5 nitrogen and oxygen atoms in total. The summed E-state index contributed by atoms with van der Waals surface area (Å²) in [6.45, 7) is 2.78. The molecule has 0 saturated heterocycles. The standard InChI is InChI=1S/C14H18N2O3/c1-4-5-6-16-9-15-11-8-13(19-3)12(18-2)7-10(11)14(16)17/h7-9H,4-6H2,1-3H3. The van der Waals surface area contributed by atoms with Gasteiger partial charge < -0.3 is 9.47 Å². The first-order chi connectivity index (χ1) is 9.21. The van der Waals surface area contributed by atoms with E-state index in [9.17, 15) is 4.79 Å². The highest BCUT2D eigenvalue weighted by Gasteiger charge is 2.10. The van der Waals surface area contributed by atoms with Crippen LogP contribution in [0.2, 0.25) is 0 Å². The zero-order valence-corrected chi connectivity index (χ0v) is 11.5. The molecule has 19 heavy (non-hydrogen) atoms. The summed E-state index contributed by atoms with van der Waals surface area (Å²) in [6.07, 6.45) is 3.59. The van der Waals surface area contributed by atoms with Gasteiger partial charge in [-0.25, -0.2) is 4.98 Å². The van der Waals surface area contributed by atoms with E-state index in [4.69, 9.17) is 9.47 Å². The highest BCUT2D eigenvalue weighted by Crippen LogP contribution is 2.29. The fraction of sp³-hybridized carbons (Fsp3) is 0.429. The highest BCUT2D eigenvalue weighted by molar-refractivity contribution is 5.81. The van der Waals surface area contributed by atoms with Crippen LogP contribution < -0.4 is 15.0 Å². The van der Waals surface area contributed by atoms with Crippen LogP contribution in [0.25, 0.3) is 10.9 Å². The van der Waals surface area contributed by atoms with Crippen LogP contribution in [0.5, 0.6) is 11.5 Å². The van der Waals surface area contributed by atoms with E-state index in [2.05, 4.69) is 11.9 Å². The van der Waals surface area contributed by atoms with Crippen LogP contribution >= 0.6 is 0 Å². The highest BCUT2D eigenvalue weighted by atomic mass is 16.5. The summed E-state index contributed by atoms with van der Waals surface area (Å²) in [5, 5.41) is 0.552. The Labute approximate surface area is 111 Å². The molecule has 0 saturated carbocycles. The molecule has 1 aromatic heterocycles. The molecule has 2 rings (SSSR count). The Kier molecular flexibility index (Phi) is 4.04. The third-order valence-electron chi connectivity index (χ3n) is 3.08. The van der Waals surface area contributed by atoms with Gasteiger partial charge in [0.1, 0.15) is 0 Å². The predicted octanol–water partition coefficient (Wildman–Crippen LogP) is 2.21. The number of benzene rings is 1. The Balaban J connectivity index is 2.58. The molecule has 0 aliphatic rings. The molecule has 0 spiro atoms. The van der Waals surface area contributed by atoms with E-state index in [0.717, 1.165) is 12.8 Å². The Morgan fingerprint density at radius 1 is 1.21 bits per heavy atom. The summed E-state index contributed by atoms with van der Waals surface area (Å²) in [7, 11) is 3.11. The average Bonchev–Trinajstić information content (AvgIpc) is 2.45. The van der Waals surface area contributed by atoms with Crippen molar-refractivity contribution in [3.05, 3.63) is 28.8 Å². The van der Waals surface area contributed by atoms with Crippen molar-refractivity contribution < 1.29 is 9.47 Å². The lowest BCUT2D eigenvalue weighted by molar-refractivity contribution is 0.355. The molecule has 1 aromatic carbocycles. The van der Waals surface area contributed by atoms with Crippen LogP contribution in [0.1, 0.15) is 19.8 Å². The largest absolute Gasteiger partial charge is 0.493 e. The molecule has 0 fully saturated rings. The minimum Gasteiger partial charge on any atom is -0.493 e. The summed E-state index contributed by atoms with van der Waals surface area (Å²) in [5.41, 5.74) is 0.579. The fourth-order valence-corrected chi connectivity index (χ4v) is 1.97. The van der Waals surface area contributed by atoms with Gasteiger partial charge in [0.05, 0.1) is 31.4 Å². The zero-order valence-electron chi connectivity index (χ0n) is 11.5. The van der Waals surface area contributed by atoms with Gasteiger partial charge in [-0.1, -0.05) is 13.3 Å². The molecular formula is C14H18N2O3. The number of hydrogen-bond acceptors (Lipinski definition) is 4. The van der Waals surface area contributed by atoms with Crippen LogP contribution in [-0.4, -0.2) is 23.8 Å². The van der Waals surface area contributed by atoms with Crippen LogP contribution in [0, 0.1) is 0 Å². The van der Waals surface area contributed by atoms with Gasteiger partial charge in [0, 0.05) is 12.6 Å². The molecule has 1 heterocycles. The van der Waals surface area contributed by atoms with Gasteiger partial charge in [0.2, 0.25) is 0 Å². The number of fused-ring (bicyclic) bond motifs is 1. The number of unbranched alkanes of at least 4 members (excludes halogenated alkanes) is 1. The topological polar surface area (TPSA) is 53.4 Å². The van der Waals surface area contributed by atoms with Crippen molar-refractivity contribution >= 4 is 10.9 Å². The monoisotopic (exact) mass is 262 g/mol. The summed E-state index contributed by atoms with van der Waals surface area (Å²) < 4.78 is 12.1. The maximum Gasteiger partial charge on any atom is 0.261 e.